The highest BCUT2D eigenvalue weighted by Crippen LogP contribution is 2.43. The summed E-state index contributed by atoms with van der Waals surface area (Å²) in [6.07, 6.45) is 8.79. The van der Waals surface area contributed by atoms with Gasteiger partial charge in [0.15, 0.2) is 0 Å². The zero-order chi connectivity index (χ0) is 11.4. The Morgan fingerprint density at radius 3 is 2.69 bits per heavy atom. The number of nitrogens with one attached hydrogen (secondary N) is 1. The van der Waals surface area contributed by atoms with Crippen molar-refractivity contribution in [2.45, 2.75) is 51.5 Å². The quantitative estimate of drug-likeness (QED) is 0.750. The predicted octanol–water partition coefficient (Wildman–Crippen LogP) is 2.83. The number of rotatable bonds is 6. The van der Waals surface area contributed by atoms with Gasteiger partial charge in [-0.3, -0.25) is 0 Å². The molecule has 0 aromatic rings. The van der Waals surface area contributed by atoms with E-state index < -0.39 is 0 Å². The number of methoxy groups -OCH3 is 1. The van der Waals surface area contributed by atoms with Crippen molar-refractivity contribution >= 4 is 0 Å². The summed E-state index contributed by atoms with van der Waals surface area (Å²) < 4.78 is 5.17. The summed E-state index contributed by atoms with van der Waals surface area (Å²) in [4.78, 5) is 0. The molecule has 0 radical (unpaired) electrons. The van der Waals surface area contributed by atoms with Crippen LogP contribution in [0.4, 0.5) is 0 Å². The summed E-state index contributed by atoms with van der Waals surface area (Å²) in [5.74, 6) is 2.79. The SMILES string of the molecule is COCC(C)CNC1CCCC(C2CC2)C1. The largest absolute Gasteiger partial charge is 0.384 e. The zero-order valence-electron chi connectivity index (χ0n) is 10.9. The Morgan fingerprint density at radius 1 is 1.19 bits per heavy atom. The average molecular weight is 225 g/mol. The molecule has 2 rings (SSSR count). The first-order valence-electron chi connectivity index (χ1n) is 7.02. The Labute approximate surface area is 100 Å². The van der Waals surface area contributed by atoms with Crippen LogP contribution in [0.25, 0.3) is 0 Å². The molecule has 3 unspecified atom stereocenters. The molecule has 1 N–H and O–H groups in total. The normalized spacial score (nSPS) is 32.6. The lowest BCUT2D eigenvalue weighted by molar-refractivity contribution is 0.153. The first-order valence-corrected chi connectivity index (χ1v) is 7.02. The van der Waals surface area contributed by atoms with Crippen molar-refractivity contribution in [1.82, 2.24) is 5.32 Å². The molecule has 2 fully saturated rings. The lowest BCUT2D eigenvalue weighted by atomic mass is 9.82. The van der Waals surface area contributed by atoms with E-state index in [0.29, 0.717) is 5.92 Å². The van der Waals surface area contributed by atoms with E-state index in [1.165, 1.54) is 38.5 Å². The number of ether oxygens (including phenoxy) is 1. The van der Waals surface area contributed by atoms with E-state index >= 15 is 0 Å². The molecule has 3 atom stereocenters. The summed E-state index contributed by atoms with van der Waals surface area (Å²) in [7, 11) is 1.79. The summed E-state index contributed by atoms with van der Waals surface area (Å²) in [6.45, 7) is 4.26. The Balaban J connectivity index is 1.64. The molecule has 0 amide bonds. The van der Waals surface area contributed by atoms with Crippen LogP contribution in [0.2, 0.25) is 0 Å². The van der Waals surface area contributed by atoms with E-state index in [-0.39, 0.29) is 0 Å². The van der Waals surface area contributed by atoms with Crippen LogP contribution < -0.4 is 5.32 Å². The Morgan fingerprint density at radius 2 is 2.00 bits per heavy atom. The van der Waals surface area contributed by atoms with Gasteiger partial charge in [-0.15, -0.1) is 0 Å². The highest BCUT2D eigenvalue weighted by molar-refractivity contribution is 4.87. The highest BCUT2D eigenvalue weighted by Gasteiger charge is 2.34. The molecule has 0 saturated heterocycles. The lowest BCUT2D eigenvalue weighted by Crippen LogP contribution is -2.37. The van der Waals surface area contributed by atoms with Gasteiger partial charge in [0, 0.05) is 26.3 Å². The Bertz CT molecular complexity index is 203. The number of hydrogen-bond donors (Lipinski definition) is 1. The van der Waals surface area contributed by atoms with Crippen molar-refractivity contribution < 1.29 is 4.74 Å². The second kappa shape index (κ2) is 6.02. The van der Waals surface area contributed by atoms with Gasteiger partial charge in [-0.05, 0) is 43.4 Å². The molecule has 94 valence electrons. The van der Waals surface area contributed by atoms with Crippen LogP contribution in [0.15, 0.2) is 0 Å². The fourth-order valence-electron chi connectivity index (χ4n) is 3.12. The van der Waals surface area contributed by atoms with Gasteiger partial charge in [0.1, 0.15) is 0 Å². The summed E-state index contributed by atoms with van der Waals surface area (Å²) >= 11 is 0. The molecule has 2 aliphatic rings. The predicted molar refractivity (Wildman–Crippen MR) is 67.5 cm³/mol. The van der Waals surface area contributed by atoms with E-state index in [9.17, 15) is 0 Å². The fourth-order valence-corrected chi connectivity index (χ4v) is 3.12. The number of hydrogen-bond acceptors (Lipinski definition) is 2. The fraction of sp³-hybridized carbons (Fsp3) is 1.00. The van der Waals surface area contributed by atoms with Gasteiger partial charge in [-0.1, -0.05) is 19.8 Å². The minimum Gasteiger partial charge on any atom is -0.384 e. The third kappa shape index (κ3) is 3.74. The van der Waals surface area contributed by atoms with Crippen LogP contribution >= 0.6 is 0 Å². The van der Waals surface area contributed by atoms with Crippen LogP contribution in [0.3, 0.4) is 0 Å². The Hall–Kier alpha value is -0.0800. The van der Waals surface area contributed by atoms with Gasteiger partial charge < -0.3 is 10.1 Å². The van der Waals surface area contributed by atoms with Crippen molar-refractivity contribution in [3.8, 4) is 0 Å². The molecule has 2 saturated carbocycles. The van der Waals surface area contributed by atoms with Crippen LogP contribution in [0, 0.1) is 17.8 Å². The van der Waals surface area contributed by atoms with Crippen molar-refractivity contribution in [3.05, 3.63) is 0 Å². The zero-order valence-corrected chi connectivity index (χ0v) is 10.9. The molecule has 16 heavy (non-hydrogen) atoms. The third-order valence-corrected chi connectivity index (χ3v) is 4.21. The summed E-state index contributed by atoms with van der Waals surface area (Å²) in [5.41, 5.74) is 0. The topological polar surface area (TPSA) is 21.3 Å². The van der Waals surface area contributed by atoms with Crippen LogP contribution in [-0.4, -0.2) is 26.3 Å². The second-order valence-corrected chi connectivity index (χ2v) is 5.93. The lowest BCUT2D eigenvalue weighted by Gasteiger charge is -2.30. The minimum absolute atomic E-state index is 0.645. The van der Waals surface area contributed by atoms with Gasteiger partial charge in [0.25, 0.3) is 0 Å². The van der Waals surface area contributed by atoms with E-state index in [0.717, 1.165) is 31.0 Å². The van der Waals surface area contributed by atoms with E-state index in [2.05, 4.69) is 12.2 Å². The average Bonchev–Trinajstić information content (AvgIpc) is 3.11. The first kappa shape index (κ1) is 12.4. The van der Waals surface area contributed by atoms with E-state index in [1.807, 2.05) is 0 Å². The molecular weight excluding hydrogens is 198 g/mol. The maximum atomic E-state index is 5.17. The maximum Gasteiger partial charge on any atom is 0.0499 e. The molecule has 2 aliphatic carbocycles. The molecule has 0 bridgehead atoms. The molecule has 2 nitrogen and oxygen atoms in total. The van der Waals surface area contributed by atoms with Gasteiger partial charge in [-0.2, -0.15) is 0 Å². The van der Waals surface area contributed by atoms with Crippen LogP contribution in [-0.2, 0) is 4.74 Å². The van der Waals surface area contributed by atoms with Gasteiger partial charge in [0.05, 0.1) is 0 Å². The summed E-state index contributed by atoms with van der Waals surface area (Å²) in [5, 5.41) is 3.74. The van der Waals surface area contributed by atoms with Crippen LogP contribution in [0.5, 0.6) is 0 Å². The molecule has 0 aromatic carbocycles. The molecule has 0 spiro atoms. The smallest absolute Gasteiger partial charge is 0.0499 e. The van der Waals surface area contributed by atoms with Crippen molar-refractivity contribution in [2.75, 3.05) is 20.3 Å². The van der Waals surface area contributed by atoms with Crippen LogP contribution in [0.1, 0.15) is 45.4 Å². The van der Waals surface area contributed by atoms with E-state index in [4.69, 9.17) is 4.74 Å². The first-order chi connectivity index (χ1) is 7.79. The van der Waals surface area contributed by atoms with Gasteiger partial charge in [-0.25, -0.2) is 0 Å². The van der Waals surface area contributed by atoms with Gasteiger partial charge >= 0.3 is 0 Å². The Kier molecular flexibility index (Phi) is 4.66. The molecule has 0 heterocycles. The molecular formula is C14H27NO. The monoisotopic (exact) mass is 225 g/mol. The van der Waals surface area contributed by atoms with Crippen molar-refractivity contribution in [1.29, 1.82) is 0 Å². The van der Waals surface area contributed by atoms with Crippen molar-refractivity contribution in [2.24, 2.45) is 17.8 Å². The highest BCUT2D eigenvalue weighted by atomic mass is 16.5. The second-order valence-electron chi connectivity index (χ2n) is 5.93. The van der Waals surface area contributed by atoms with Crippen molar-refractivity contribution in [3.63, 3.8) is 0 Å². The third-order valence-electron chi connectivity index (χ3n) is 4.21. The minimum atomic E-state index is 0.645. The summed E-state index contributed by atoms with van der Waals surface area (Å²) in [6, 6.07) is 0.790. The standard InChI is InChI=1S/C14H27NO/c1-11(10-16-2)9-15-14-5-3-4-13(8-14)12-6-7-12/h11-15H,3-10H2,1-2H3. The van der Waals surface area contributed by atoms with E-state index in [1.54, 1.807) is 7.11 Å². The van der Waals surface area contributed by atoms with Gasteiger partial charge in [0.2, 0.25) is 0 Å². The maximum absolute atomic E-state index is 5.17. The molecule has 0 aliphatic heterocycles. The molecule has 2 heteroatoms. The molecule has 0 aromatic heterocycles.